The molecule has 0 aliphatic heterocycles. The van der Waals surface area contributed by atoms with E-state index < -0.39 is 10.0 Å². The van der Waals surface area contributed by atoms with E-state index in [0.29, 0.717) is 22.8 Å². The molecule has 1 aromatic rings. The lowest BCUT2D eigenvalue weighted by molar-refractivity contribution is -0.119. The monoisotopic (exact) mass is 370 g/mol. The first-order valence-corrected chi connectivity index (χ1v) is 10.2. The van der Waals surface area contributed by atoms with Crippen LogP contribution in [0.2, 0.25) is 5.02 Å². The lowest BCUT2D eigenvalue weighted by atomic mass is 10.00. The summed E-state index contributed by atoms with van der Waals surface area (Å²) in [6.45, 7) is 1.96. The molecule has 1 aliphatic rings. The van der Waals surface area contributed by atoms with E-state index in [1.165, 1.54) is 12.0 Å². The molecular formula is C17H23ClN2O3S. The maximum absolute atomic E-state index is 12.2. The number of nitrogens with one attached hydrogen (secondary N) is 1. The lowest BCUT2D eigenvalue weighted by Gasteiger charge is -2.24. The van der Waals surface area contributed by atoms with Gasteiger partial charge in [-0.2, -0.15) is 0 Å². The number of hydrogen-bond acceptors (Lipinski definition) is 3. The van der Waals surface area contributed by atoms with Crippen LogP contribution in [-0.2, 0) is 14.8 Å². The Balaban J connectivity index is 2.10. The SMILES string of the molecule is Cc1c(Cl)cccc1N(CC(=O)NCC1=CCCCC1)S(C)(=O)=O. The van der Waals surface area contributed by atoms with E-state index in [-0.39, 0.29) is 12.5 Å². The van der Waals surface area contributed by atoms with E-state index in [1.54, 1.807) is 25.1 Å². The molecule has 7 heteroatoms. The number of amides is 1. The summed E-state index contributed by atoms with van der Waals surface area (Å²) in [6.07, 6.45) is 7.60. The van der Waals surface area contributed by atoms with Gasteiger partial charge in [-0.15, -0.1) is 0 Å². The Morgan fingerprint density at radius 1 is 1.33 bits per heavy atom. The van der Waals surface area contributed by atoms with Crippen LogP contribution in [0, 0.1) is 6.92 Å². The summed E-state index contributed by atoms with van der Waals surface area (Å²) in [5.74, 6) is -0.328. The minimum Gasteiger partial charge on any atom is -0.351 e. The molecule has 0 radical (unpaired) electrons. The minimum atomic E-state index is -3.60. The average Bonchev–Trinajstić information content (AvgIpc) is 2.53. The molecule has 5 nitrogen and oxygen atoms in total. The zero-order chi connectivity index (χ0) is 17.7. The van der Waals surface area contributed by atoms with E-state index in [0.717, 1.165) is 29.8 Å². The summed E-state index contributed by atoms with van der Waals surface area (Å²) < 4.78 is 25.4. The van der Waals surface area contributed by atoms with Gasteiger partial charge in [0.05, 0.1) is 11.9 Å². The fourth-order valence-electron chi connectivity index (χ4n) is 2.71. The van der Waals surface area contributed by atoms with Gasteiger partial charge in [0.1, 0.15) is 6.54 Å². The number of rotatable bonds is 6. The van der Waals surface area contributed by atoms with Crippen molar-refractivity contribution in [3.05, 3.63) is 40.4 Å². The fraction of sp³-hybridized carbons (Fsp3) is 0.471. The molecule has 1 amide bonds. The van der Waals surface area contributed by atoms with Gasteiger partial charge in [-0.05, 0) is 50.3 Å². The first-order valence-electron chi connectivity index (χ1n) is 7.96. The molecule has 1 N–H and O–H groups in total. The van der Waals surface area contributed by atoms with Crippen molar-refractivity contribution in [2.45, 2.75) is 32.6 Å². The number of hydrogen-bond donors (Lipinski definition) is 1. The standard InChI is InChI=1S/C17H23ClN2O3S/c1-13-15(18)9-6-10-16(13)20(24(2,22)23)12-17(21)19-11-14-7-4-3-5-8-14/h6-7,9-10H,3-5,8,11-12H2,1-2H3,(H,19,21). The van der Waals surface area contributed by atoms with Crippen molar-refractivity contribution < 1.29 is 13.2 Å². The second kappa shape index (κ2) is 8.03. The van der Waals surface area contributed by atoms with E-state index in [2.05, 4.69) is 11.4 Å². The van der Waals surface area contributed by atoms with Gasteiger partial charge in [0.15, 0.2) is 0 Å². The summed E-state index contributed by atoms with van der Waals surface area (Å²) in [4.78, 5) is 12.2. The zero-order valence-corrected chi connectivity index (χ0v) is 15.6. The van der Waals surface area contributed by atoms with E-state index in [1.807, 2.05) is 0 Å². The van der Waals surface area contributed by atoms with Crippen molar-refractivity contribution in [3.63, 3.8) is 0 Å². The van der Waals surface area contributed by atoms with Gasteiger partial charge in [-0.3, -0.25) is 9.10 Å². The van der Waals surface area contributed by atoms with E-state index >= 15 is 0 Å². The Bertz CT molecular complexity index is 744. The van der Waals surface area contributed by atoms with E-state index in [4.69, 9.17) is 11.6 Å². The predicted octanol–water partition coefficient (Wildman–Crippen LogP) is 3.03. The number of anilines is 1. The van der Waals surface area contributed by atoms with Gasteiger partial charge in [-0.1, -0.05) is 29.3 Å². The van der Waals surface area contributed by atoms with Crippen molar-refractivity contribution in [2.24, 2.45) is 0 Å². The van der Waals surface area contributed by atoms with Gasteiger partial charge >= 0.3 is 0 Å². The van der Waals surface area contributed by atoms with Crippen LogP contribution < -0.4 is 9.62 Å². The molecule has 0 heterocycles. The molecule has 0 atom stereocenters. The third kappa shape index (κ3) is 4.98. The van der Waals surface area contributed by atoms with Crippen molar-refractivity contribution in [2.75, 3.05) is 23.7 Å². The maximum Gasteiger partial charge on any atom is 0.241 e. The second-order valence-corrected chi connectivity index (χ2v) is 8.35. The lowest BCUT2D eigenvalue weighted by Crippen LogP contribution is -2.41. The summed E-state index contributed by atoms with van der Waals surface area (Å²) in [7, 11) is -3.60. The van der Waals surface area contributed by atoms with Gasteiger partial charge in [0.2, 0.25) is 15.9 Å². The van der Waals surface area contributed by atoms with Gasteiger partial charge in [0.25, 0.3) is 0 Å². The van der Waals surface area contributed by atoms with Gasteiger partial charge in [0, 0.05) is 11.6 Å². The highest BCUT2D eigenvalue weighted by atomic mass is 35.5. The van der Waals surface area contributed by atoms with Crippen LogP contribution in [-0.4, -0.2) is 33.7 Å². The normalized spacial score (nSPS) is 14.9. The quantitative estimate of drug-likeness (QED) is 0.782. The summed E-state index contributed by atoms with van der Waals surface area (Å²) >= 11 is 6.08. The average molecular weight is 371 g/mol. The number of carbonyl (C=O) groups is 1. The number of halogens is 1. The van der Waals surface area contributed by atoms with Crippen molar-refractivity contribution in [1.82, 2.24) is 5.32 Å². The number of benzene rings is 1. The second-order valence-electron chi connectivity index (χ2n) is 6.04. The van der Waals surface area contributed by atoms with Crippen molar-refractivity contribution in [1.29, 1.82) is 0 Å². The Morgan fingerprint density at radius 3 is 2.71 bits per heavy atom. The van der Waals surface area contributed by atoms with Crippen LogP contribution in [0.15, 0.2) is 29.8 Å². The smallest absolute Gasteiger partial charge is 0.241 e. The highest BCUT2D eigenvalue weighted by Gasteiger charge is 2.23. The number of carbonyl (C=O) groups excluding carboxylic acids is 1. The Labute approximate surface area is 148 Å². The number of allylic oxidation sites excluding steroid dienone is 1. The molecule has 0 aromatic heterocycles. The first kappa shape index (κ1) is 18.8. The molecule has 0 fully saturated rings. The van der Waals surface area contributed by atoms with Crippen LogP contribution >= 0.6 is 11.6 Å². The third-order valence-electron chi connectivity index (χ3n) is 4.09. The topological polar surface area (TPSA) is 66.5 Å². The van der Waals surface area contributed by atoms with Crippen LogP contribution in [0.25, 0.3) is 0 Å². The molecular weight excluding hydrogens is 348 g/mol. The molecule has 0 saturated carbocycles. The molecule has 24 heavy (non-hydrogen) atoms. The molecule has 0 unspecified atom stereocenters. The maximum atomic E-state index is 12.2. The predicted molar refractivity (Wildman–Crippen MR) is 97.9 cm³/mol. The fourth-order valence-corrected chi connectivity index (χ4v) is 3.79. The Kier molecular flexibility index (Phi) is 6.29. The highest BCUT2D eigenvalue weighted by Crippen LogP contribution is 2.28. The van der Waals surface area contributed by atoms with Gasteiger partial charge in [-0.25, -0.2) is 8.42 Å². The number of nitrogens with zero attached hydrogens (tertiary/aromatic N) is 1. The largest absolute Gasteiger partial charge is 0.351 e. The minimum absolute atomic E-state index is 0.257. The zero-order valence-electron chi connectivity index (χ0n) is 14.0. The van der Waals surface area contributed by atoms with Gasteiger partial charge < -0.3 is 5.32 Å². The number of sulfonamides is 1. The summed E-state index contributed by atoms with van der Waals surface area (Å²) in [5, 5.41) is 3.28. The van der Waals surface area contributed by atoms with Crippen LogP contribution in [0.5, 0.6) is 0 Å². The molecule has 1 aromatic carbocycles. The Hall–Kier alpha value is -1.53. The van der Waals surface area contributed by atoms with Crippen molar-refractivity contribution >= 4 is 33.2 Å². The molecule has 0 spiro atoms. The van der Waals surface area contributed by atoms with Crippen molar-refractivity contribution in [3.8, 4) is 0 Å². The molecule has 132 valence electrons. The summed E-state index contributed by atoms with van der Waals surface area (Å²) in [5.41, 5.74) is 2.27. The Morgan fingerprint density at radius 2 is 2.08 bits per heavy atom. The molecule has 0 bridgehead atoms. The van der Waals surface area contributed by atoms with Crippen LogP contribution in [0.4, 0.5) is 5.69 Å². The van der Waals surface area contributed by atoms with Crippen LogP contribution in [0.1, 0.15) is 31.2 Å². The summed E-state index contributed by atoms with van der Waals surface area (Å²) in [6, 6.07) is 5.02. The molecule has 1 aliphatic carbocycles. The van der Waals surface area contributed by atoms with Crippen LogP contribution in [0.3, 0.4) is 0 Å². The third-order valence-corrected chi connectivity index (χ3v) is 5.63. The first-order chi connectivity index (χ1) is 11.3. The van der Waals surface area contributed by atoms with E-state index in [9.17, 15) is 13.2 Å². The molecule has 0 saturated heterocycles. The highest BCUT2D eigenvalue weighted by molar-refractivity contribution is 7.92. The molecule has 2 rings (SSSR count).